The molecule has 1 heterocycles. The lowest BCUT2D eigenvalue weighted by Gasteiger charge is -2.33. The van der Waals surface area contributed by atoms with Gasteiger partial charge in [-0.15, -0.1) is 0 Å². The fourth-order valence-electron chi connectivity index (χ4n) is 3.46. The van der Waals surface area contributed by atoms with Crippen molar-refractivity contribution >= 4 is 17.8 Å². The van der Waals surface area contributed by atoms with E-state index in [0.29, 0.717) is 5.56 Å². The van der Waals surface area contributed by atoms with Crippen molar-refractivity contribution in [3.05, 3.63) is 34.9 Å². The van der Waals surface area contributed by atoms with E-state index in [4.69, 9.17) is 5.11 Å². The Balaban J connectivity index is 2.03. The zero-order valence-electron chi connectivity index (χ0n) is 12.0. The third-order valence-electron chi connectivity index (χ3n) is 4.68. The molecular formula is C16H17NO4. The lowest BCUT2D eigenvalue weighted by Crippen LogP contribution is -2.45. The molecule has 1 aliphatic carbocycles. The lowest BCUT2D eigenvalue weighted by molar-refractivity contribution is 0.0484. The number of imide groups is 1. The van der Waals surface area contributed by atoms with E-state index in [1.54, 1.807) is 0 Å². The summed E-state index contributed by atoms with van der Waals surface area (Å²) in [5.74, 6) is -1.76. The highest BCUT2D eigenvalue weighted by Gasteiger charge is 2.47. The van der Waals surface area contributed by atoms with Crippen LogP contribution in [0.3, 0.4) is 0 Å². The van der Waals surface area contributed by atoms with Gasteiger partial charge in [-0.05, 0) is 36.5 Å². The largest absolute Gasteiger partial charge is 0.478 e. The molecule has 1 saturated carbocycles. The number of aromatic carboxylic acids is 1. The number of hydrogen-bond acceptors (Lipinski definition) is 3. The van der Waals surface area contributed by atoms with Gasteiger partial charge in [0.15, 0.2) is 0 Å². The van der Waals surface area contributed by atoms with Crippen molar-refractivity contribution < 1.29 is 19.5 Å². The SMILES string of the molecule is CC1(C)CCCC1N1C(=O)c2ccc(C(=O)O)cc2C1=O. The third-order valence-corrected chi connectivity index (χ3v) is 4.68. The molecule has 5 nitrogen and oxygen atoms in total. The molecule has 110 valence electrons. The maximum Gasteiger partial charge on any atom is 0.335 e. The van der Waals surface area contributed by atoms with Crippen LogP contribution in [0, 0.1) is 5.41 Å². The molecule has 0 bridgehead atoms. The van der Waals surface area contributed by atoms with E-state index < -0.39 is 5.97 Å². The maximum atomic E-state index is 12.6. The van der Waals surface area contributed by atoms with Crippen molar-refractivity contribution in [1.82, 2.24) is 4.90 Å². The minimum Gasteiger partial charge on any atom is -0.478 e. The first-order chi connectivity index (χ1) is 9.83. The van der Waals surface area contributed by atoms with Crippen LogP contribution in [0.2, 0.25) is 0 Å². The molecule has 0 saturated heterocycles. The lowest BCUT2D eigenvalue weighted by atomic mass is 9.86. The highest BCUT2D eigenvalue weighted by atomic mass is 16.4. The molecule has 21 heavy (non-hydrogen) atoms. The van der Waals surface area contributed by atoms with Gasteiger partial charge in [-0.25, -0.2) is 4.79 Å². The molecule has 0 radical (unpaired) electrons. The predicted octanol–water partition coefficient (Wildman–Crippen LogP) is 2.56. The third kappa shape index (κ3) is 1.95. The Hall–Kier alpha value is -2.17. The van der Waals surface area contributed by atoms with E-state index in [1.165, 1.54) is 23.1 Å². The summed E-state index contributed by atoms with van der Waals surface area (Å²) < 4.78 is 0. The summed E-state index contributed by atoms with van der Waals surface area (Å²) in [6.07, 6.45) is 2.78. The summed E-state index contributed by atoms with van der Waals surface area (Å²) >= 11 is 0. The van der Waals surface area contributed by atoms with Crippen LogP contribution < -0.4 is 0 Å². The minimum atomic E-state index is -1.10. The molecule has 1 unspecified atom stereocenters. The number of hydrogen-bond donors (Lipinski definition) is 1. The van der Waals surface area contributed by atoms with E-state index >= 15 is 0 Å². The van der Waals surface area contributed by atoms with Crippen LogP contribution in [0.4, 0.5) is 0 Å². The van der Waals surface area contributed by atoms with Crippen molar-refractivity contribution in [1.29, 1.82) is 0 Å². The summed E-state index contributed by atoms with van der Waals surface area (Å²) in [6, 6.07) is 4.01. The van der Waals surface area contributed by atoms with Crippen molar-refractivity contribution in [2.75, 3.05) is 0 Å². The molecule has 3 rings (SSSR count). The highest BCUT2D eigenvalue weighted by Crippen LogP contribution is 2.43. The number of carboxylic acid groups (broad SMARTS) is 1. The van der Waals surface area contributed by atoms with Crippen molar-refractivity contribution in [2.45, 2.75) is 39.2 Å². The van der Waals surface area contributed by atoms with Gasteiger partial charge >= 0.3 is 5.97 Å². The average Bonchev–Trinajstić information content (AvgIpc) is 2.88. The Morgan fingerprint density at radius 2 is 1.90 bits per heavy atom. The Morgan fingerprint density at radius 3 is 2.48 bits per heavy atom. The molecule has 1 aromatic carbocycles. The van der Waals surface area contributed by atoms with E-state index in [-0.39, 0.29) is 34.4 Å². The minimum absolute atomic E-state index is 0.0300. The van der Waals surface area contributed by atoms with Gasteiger partial charge < -0.3 is 5.11 Å². The van der Waals surface area contributed by atoms with Crippen LogP contribution in [0.1, 0.15) is 64.2 Å². The summed E-state index contributed by atoms with van der Waals surface area (Å²) in [7, 11) is 0. The summed E-state index contributed by atoms with van der Waals surface area (Å²) in [5, 5.41) is 9.02. The summed E-state index contributed by atoms with van der Waals surface area (Å²) in [4.78, 5) is 37.4. The second kappa shape index (κ2) is 4.41. The standard InChI is InChI=1S/C16H17NO4/c1-16(2)7-3-4-12(16)17-13(18)10-6-5-9(15(20)21)8-11(10)14(17)19/h5-6,8,12H,3-4,7H2,1-2H3,(H,20,21). The molecule has 5 heteroatoms. The fourth-order valence-corrected chi connectivity index (χ4v) is 3.46. The molecule has 1 aromatic rings. The number of rotatable bonds is 2. The Kier molecular flexibility index (Phi) is 2.90. The van der Waals surface area contributed by atoms with E-state index in [0.717, 1.165) is 19.3 Å². The molecule has 0 aromatic heterocycles. The van der Waals surface area contributed by atoms with E-state index in [9.17, 15) is 14.4 Å². The van der Waals surface area contributed by atoms with Gasteiger partial charge in [-0.2, -0.15) is 0 Å². The van der Waals surface area contributed by atoms with Gasteiger partial charge in [0, 0.05) is 6.04 Å². The molecule has 0 spiro atoms. The van der Waals surface area contributed by atoms with Gasteiger partial charge in [0.25, 0.3) is 11.8 Å². The second-order valence-corrected chi connectivity index (χ2v) is 6.44. The topological polar surface area (TPSA) is 74.7 Å². The molecule has 1 N–H and O–H groups in total. The van der Waals surface area contributed by atoms with E-state index in [2.05, 4.69) is 13.8 Å². The van der Waals surface area contributed by atoms with Gasteiger partial charge in [-0.3, -0.25) is 14.5 Å². The molecule has 2 aliphatic rings. The second-order valence-electron chi connectivity index (χ2n) is 6.44. The van der Waals surface area contributed by atoms with Crippen LogP contribution >= 0.6 is 0 Å². The molecule has 1 atom stereocenters. The number of carbonyl (C=O) groups excluding carboxylic acids is 2. The van der Waals surface area contributed by atoms with Gasteiger partial charge in [-0.1, -0.05) is 20.3 Å². The van der Waals surface area contributed by atoms with E-state index in [1.807, 2.05) is 0 Å². The number of amides is 2. The van der Waals surface area contributed by atoms with Crippen LogP contribution in [-0.2, 0) is 0 Å². The first-order valence-electron chi connectivity index (χ1n) is 7.08. The predicted molar refractivity (Wildman–Crippen MR) is 75.3 cm³/mol. The number of nitrogens with zero attached hydrogens (tertiary/aromatic N) is 1. The van der Waals surface area contributed by atoms with Gasteiger partial charge in [0.05, 0.1) is 16.7 Å². The summed E-state index contributed by atoms with van der Waals surface area (Å²) in [5.41, 5.74) is 0.459. The van der Waals surface area contributed by atoms with Crippen LogP contribution in [-0.4, -0.2) is 33.8 Å². The maximum absolute atomic E-state index is 12.6. The molecule has 2 amide bonds. The first-order valence-corrected chi connectivity index (χ1v) is 7.08. The normalized spacial score (nSPS) is 23.5. The van der Waals surface area contributed by atoms with Crippen LogP contribution in [0.5, 0.6) is 0 Å². The zero-order valence-corrected chi connectivity index (χ0v) is 12.0. The van der Waals surface area contributed by atoms with Crippen LogP contribution in [0.15, 0.2) is 18.2 Å². The Bertz CT molecular complexity index is 662. The smallest absolute Gasteiger partial charge is 0.335 e. The molecule has 1 fully saturated rings. The first kappa shape index (κ1) is 13.8. The van der Waals surface area contributed by atoms with Gasteiger partial charge in [0.2, 0.25) is 0 Å². The van der Waals surface area contributed by atoms with Gasteiger partial charge in [0.1, 0.15) is 0 Å². The Morgan fingerprint density at radius 1 is 1.24 bits per heavy atom. The zero-order chi connectivity index (χ0) is 15.4. The summed E-state index contributed by atoms with van der Waals surface area (Å²) in [6.45, 7) is 4.13. The monoisotopic (exact) mass is 287 g/mol. The Labute approximate surface area is 122 Å². The highest BCUT2D eigenvalue weighted by molar-refractivity contribution is 6.22. The number of carbonyl (C=O) groups is 3. The quantitative estimate of drug-likeness (QED) is 0.848. The number of fused-ring (bicyclic) bond motifs is 1. The van der Waals surface area contributed by atoms with Crippen molar-refractivity contribution in [3.8, 4) is 0 Å². The molecule has 1 aliphatic heterocycles. The number of benzene rings is 1. The average molecular weight is 287 g/mol. The van der Waals surface area contributed by atoms with Crippen molar-refractivity contribution in [3.63, 3.8) is 0 Å². The fraction of sp³-hybridized carbons (Fsp3) is 0.438. The van der Waals surface area contributed by atoms with Crippen molar-refractivity contribution in [2.24, 2.45) is 5.41 Å². The number of carboxylic acids is 1. The van der Waals surface area contributed by atoms with Crippen LogP contribution in [0.25, 0.3) is 0 Å². The molecular weight excluding hydrogens is 270 g/mol.